The first-order valence-electron chi connectivity index (χ1n) is 7.39. The van der Waals surface area contributed by atoms with Crippen LogP contribution in [-0.2, 0) is 9.59 Å². The van der Waals surface area contributed by atoms with Crippen LogP contribution in [-0.4, -0.2) is 11.8 Å². The SMILES string of the molecule is CCCCCCCCCC=CCC1=CC(=O)[N]C1=O. The van der Waals surface area contributed by atoms with Gasteiger partial charge in [-0.05, 0) is 19.3 Å². The summed E-state index contributed by atoms with van der Waals surface area (Å²) in [7, 11) is 0. The third-order valence-electron chi connectivity index (χ3n) is 3.26. The average Bonchev–Trinajstić information content (AvgIpc) is 2.70. The van der Waals surface area contributed by atoms with E-state index < -0.39 is 5.91 Å². The van der Waals surface area contributed by atoms with Crippen LogP contribution in [0.5, 0.6) is 0 Å². The molecule has 0 aromatic carbocycles. The van der Waals surface area contributed by atoms with E-state index in [4.69, 9.17) is 0 Å². The quantitative estimate of drug-likeness (QED) is 0.342. The molecule has 0 spiro atoms. The van der Waals surface area contributed by atoms with Crippen molar-refractivity contribution in [2.45, 2.75) is 64.7 Å². The molecule has 1 radical (unpaired) electrons. The number of carbonyl (C=O) groups is 2. The van der Waals surface area contributed by atoms with Crippen LogP contribution in [0.1, 0.15) is 64.7 Å². The Morgan fingerprint density at radius 1 is 1.00 bits per heavy atom. The minimum absolute atomic E-state index is 0.370. The number of hydrogen-bond acceptors (Lipinski definition) is 2. The van der Waals surface area contributed by atoms with E-state index >= 15 is 0 Å². The molecule has 1 aliphatic heterocycles. The lowest BCUT2D eigenvalue weighted by Gasteiger charge is -1.98. The minimum Gasteiger partial charge on any atom is -0.267 e. The molecule has 0 unspecified atom stereocenters. The first kappa shape index (κ1) is 15.7. The van der Waals surface area contributed by atoms with Crippen molar-refractivity contribution in [3.63, 3.8) is 0 Å². The Morgan fingerprint density at radius 2 is 1.68 bits per heavy atom. The van der Waals surface area contributed by atoms with Gasteiger partial charge in [-0.3, -0.25) is 9.59 Å². The zero-order valence-electron chi connectivity index (χ0n) is 11.9. The highest BCUT2D eigenvalue weighted by Gasteiger charge is 2.21. The molecule has 0 aromatic rings. The third-order valence-corrected chi connectivity index (χ3v) is 3.26. The summed E-state index contributed by atoms with van der Waals surface area (Å²) in [6, 6.07) is 0. The van der Waals surface area contributed by atoms with Gasteiger partial charge in [0.15, 0.2) is 0 Å². The van der Waals surface area contributed by atoms with Crippen LogP contribution in [0.4, 0.5) is 0 Å². The molecule has 1 aliphatic rings. The largest absolute Gasteiger partial charge is 0.276 e. The molecular weight excluding hydrogens is 238 g/mol. The summed E-state index contributed by atoms with van der Waals surface area (Å²) in [5.74, 6) is -0.786. The van der Waals surface area contributed by atoms with Crippen molar-refractivity contribution >= 4 is 11.8 Å². The molecule has 1 heterocycles. The van der Waals surface area contributed by atoms with E-state index in [2.05, 4.69) is 18.3 Å². The van der Waals surface area contributed by atoms with Crippen molar-refractivity contribution in [1.29, 1.82) is 0 Å². The molecule has 0 bridgehead atoms. The Hall–Kier alpha value is -1.38. The maximum Gasteiger partial charge on any atom is 0.276 e. The normalized spacial score (nSPS) is 15.1. The van der Waals surface area contributed by atoms with E-state index in [1.54, 1.807) is 0 Å². The standard InChI is InChI=1S/C16H24NO2/c1-2-3-4-5-6-7-8-9-10-11-12-14-13-15(18)17-16(14)19/h10-11,13H,2-9,12H2,1H3. The number of imide groups is 1. The molecular formula is C16H24NO2. The van der Waals surface area contributed by atoms with E-state index in [1.165, 1.54) is 51.0 Å². The van der Waals surface area contributed by atoms with Crippen molar-refractivity contribution in [3.05, 3.63) is 23.8 Å². The highest BCUT2D eigenvalue weighted by atomic mass is 16.2. The summed E-state index contributed by atoms with van der Waals surface area (Å²) in [6.07, 6.45) is 16.2. The van der Waals surface area contributed by atoms with Crippen LogP contribution in [0.25, 0.3) is 0 Å². The number of hydrogen-bond donors (Lipinski definition) is 0. The second-order valence-electron chi connectivity index (χ2n) is 5.01. The molecule has 2 amide bonds. The van der Waals surface area contributed by atoms with Crippen LogP contribution in [0.2, 0.25) is 0 Å². The van der Waals surface area contributed by atoms with Crippen LogP contribution < -0.4 is 5.32 Å². The Morgan fingerprint density at radius 3 is 2.32 bits per heavy atom. The van der Waals surface area contributed by atoms with Gasteiger partial charge in [0.1, 0.15) is 0 Å². The Kier molecular flexibility index (Phi) is 7.87. The van der Waals surface area contributed by atoms with Crippen LogP contribution in [0, 0.1) is 0 Å². The lowest BCUT2D eigenvalue weighted by Crippen LogP contribution is -2.13. The zero-order chi connectivity index (χ0) is 13.9. The van der Waals surface area contributed by atoms with Gasteiger partial charge in [0.05, 0.1) is 0 Å². The fourth-order valence-electron chi connectivity index (χ4n) is 2.11. The predicted octanol–water partition coefficient (Wildman–Crippen LogP) is 3.67. The van der Waals surface area contributed by atoms with Crippen LogP contribution in [0.15, 0.2) is 23.8 Å². The molecule has 3 nitrogen and oxygen atoms in total. The summed E-state index contributed by atoms with van der Waals surface area (Å²) in [5, 5.41) is 3.33. The van der Waals surface area contributed by atoms with Crippen LogP contribution >= 0.6 is 0 Å². The van der Waals surface area contributed by atoms with Crippen molar-refractivity contribution in [2.75, 3.05) is 0 Å². The number of allylic oxidation sites excluding steroid dienone is 2. The summed E-state index contributed by atoms with van der Waals surface area (Å²) in [6.45, 7) is 2.23. The van der Waals surface area contributed by atoms with Crippen LogP contribution in [0.3, 0.4) is 0 Å². The molecule has 19 heavy (non-hydrogen) atoms. The maximum absolute atomic E-state index is 11.2. The summed E-state index contributed by atoms with van der Waals surface area (Å²) < 4.78 is 0. The Labute approximate surface area is 116 Å². The fourth-order valence-corrected chi connectivity index (χ4v) is 2.11. The lowest BCUT2D eigenvalue weighted by atomic mass is 10.1. The van der Waals surface area contributed by atoms with Crippen molar-refractivity contribution in [2.24, 2.45) is 0 Å². The highest BCUT2D eigenvalue weighted by Crippen LogP contribution is 2.11. The number of amides is 2. The molecule has 0 saturated heterocycles. The van der Waals surface area contributed by atoms with Gasteiger partial charge in [-0.1, -0.05) is 57.6 Å². The molecule has 0 atom stereocenters. The molecule has 0 N–H and O–H groups in total. The molecule has 105 valence electrons. The lowest BCUT2D eigenvalue weighted by molar-refractivity contribution is -0.124. The van der Waals surface area contributed by atoms with Gasteiger partial charge in [-0.15, -0.1) is 0 Å². The Balaban J connectivity index is 1.98. The maximum atomic E-state index is 11.2. The van der Waals surface area contributed by atoms with Gasteiger partial charge < -0.3 is 0 Å². The van der Waals surface area contributed by atoms with Crippen molar-refractivity contribution in [3.8, 4) is 0 Å². The van der Waals surface area contributed by atoms with Gasteiger partial charge in [0, 0.05) is 11.6 Å². The second-order valence-corrected chi connectivity index (χ2v) is 5.01. The van der Waals surface area contributed by atoms with E-state index in [1.807, 2.05) is 6.08 Å². The molecule has 0 aliphatic carbocycles. The van der Waals surface area contributed by atoms with Gasteiger partial charge in [0.2, 0.25) is 0 Å². The minimum atomic E-state index is -0.416. The first-order chi connectivity index (χ1) is 9.24. The van der Waals surface area contributed by atoms with Crippen molar-refractivity contribution < 1.29 is 9.59 Å². The topological polar surface area (TPSA) is 48.2 Å². The third kappa shape index (κ3) is 6.94. The monoisotopic (exact) mass is 262 g/mol. The fraction of sp³-hybridized carbons (Fsp3) is 0.625. The number of nitrogens with zero attached hydrogens (tertiary/aromatic N) is 1. The molecule has 3 heteroatoms. The molecule has 0 saturated carbocycles. The predicted molar refractivity (Wildman–Crippen MR) is 76.6 cm³/mol. The number of carbonyl (C=O) groups excluding carboxylic acids is 2. The van der Waals surface area contributed by atoms with E-state index in [9.17, 15) is 9.59 Å². The van der Waals surface area contributed by atoms with Gasteiger partial charge in [0.25, 0.3) is 11.8 Å². The van der Waals surface area contributed by atoms with Crippen molar-refractivity contribution in [1.82, 2.24) is 5.32 Å². The van der Waals surface area contributed by atoms with Gasteiger partial charge in [-0.25, -0.2) is 0 Å². The molecule has 0 aromatic heterocycles. The van der Waals surface area contributed by atoms with Gasteiger partial charge >= 0.3 is 0 Å². The first-order valence-corrected chi connectivity index (χ1v) is 7.39. The number of unbranched alkanes of at least 4 members (excludes halogenated alkanes) is 7. The van der Waals surface area contributed by atoms with E-state index in [0.29, 0.717) is 12.0 Å². The summed E-state index contributed by atoms with van der Waals surface area (Å²) in [5.41, 5.74) is 0.515. The smallest absolute Gasteiger partial charge is 0.267 e. The molecule has 1 rings (SSSR count). The van der Waals surface area contributed by atoms with E-state index in [-0.39, 0.29) is 5.91 Å². The summed E-state index contributed by atoms with van der Waals surface area (Å²) in [4.78, 5) is 22.0. The highest BCUT2D eigenvalue weighted by molar-refractivity contribution is 6.15. The summed E-state index contributed by atoms with van der Waals surface area (Å²) >= 11 is 0. The second kappa shape index (κ2) is 9.54. The average molecular weight is 262 g/mol. The van der Waals surface area contributed by atoms with E-state index in [0.717, 1.165) is 6.42 Å². The van der Waals surface area contributed by atoms with Gasteiger partial charge in [-0.2, -0.15) is 5.32 Å². The molecule has 0 fully saturated rings. The number of rotatable bonds is 10. The zero-order valence-corrected chi connectivity index (χ0v) is 11.9. The Bertz CT molecular complexity index is 356.